The molecule has 0 aliphatic rings. The van der Waals surface area contributed by atoms with Crippen LogP contribution in [-0.2, 0) is 0 Å². The summed E-state index contributed by atoms with van der Waals surface area (Å²) in [7, 11) is 0. The number of aryl methyl sites for hydroxylation is 1. The molecule has 2 heteroatoms. The van der Waals surface area contributed by atoms with Crippen LogP contribution in [-0.4, -0.2) is 5.48 Å². The van der Waals surface area contributed by atoms with E-state index in [2.05, 4.69) is 137 Å². The molecule has 2 N–H and O–H groups in total. The van der Waals surface area contributed by atoms with Gasteiger partial charge in [-0.1, -0.05) is 175 Å². The first kappa shape index (κ1) is 41.0. The summed E-state index contributed by atoms with van der Waals surface area (Å²) in [6.07, 6.45) is 14.3. The van der Waals surface area contributed by atoms with Crippen molar-refractivity contribution in [2.75, 3.05) is 4.90 Å². The van der Waals surface area contributed by atoms with Gasteiger partial charge in [-0.25, -0.2) is 0 Å². The van der Waals surface area contributed by atoms with Gasteiger partial charge >= 0.3 is 0 Å². The molecule has 3 aromatic carbocycles. The Hall–Kier alpha value is -5.18. The van der Waals surface area contributed by atoms with Crippen molar-refractivity contribution >= 4 is 11.4 Å². The first-order valence-electron chi connectivity index (χ1n) is 14.3. The van der Waals surface area contributed by atoms with Gasteiger partial charge in [-0.3, -0.25) is 0 Å². The highest BCUT2D eigenvalue weighted by Crippen LogP contribution is 2.32. The van der Waals surface area contributed by atoms with Gasteiger partial charge < -0.3 is 10.4 Å². The van der Waals surface area contributed by atoms with Gasteiger partial charge in [-0.05, 0) is 66.5 Å². The van der Waals surface area contributed by atoms with Crippen molar-refractivity contribution in [3.05, 3.63) is 208 Å². The lowest BCUT2D eigenvalue weighted by atomic mass is 10.0. The molecule has 0 saturated carbocycles. The van der Waals surface area contributed by atoms with Crippen LogP contribution in [0.25, 0.3) is 11.1 Å². The standard InChI is InChI=1S/C32H31N.2C4H6.C2H6.H2O/c1-24(2)12-15-26(4)27(5)16-17-28(6)33(31-20-13-25(3)14-21-31)32-22-18-30(19-23-32)29-10-8-7-9-11-29;2*1-3-4-2;1-2;/h7-23H,1,4-6H2,2-3H3;2*3-4H,1-2H2;1-2H3;1H2/b15-12-,17-16-;;;;. The Bertz CT molecular complexity index is 1370. The molecular weight excluding hydrogens is 534 g/mol. The largest absolute Gasteiger partial charge is 0.412 e. The van der Waals surface area contributed by atoms with Crippen LogP contribution < -0.4 is 4.90 Å². The lowest BCUT2D eigenvalue weighted by molar-refractivity contribution is 0.824. The molecule has 0 atom stereocenters. The summed E-state index contributed by atoms with van der Waals surface area (Å²) < 4.78 is 0. The van der Waals surface area contributed by atoms with Crippen molar-refractivity contribution in [3.63, 3.8) is 0 Å². The van der Waals surface area contributed by atoms with Crippen molar-refractivity contribution in [1.82, 2.24) is 0 Å². The minimum Gasteiger partial charge on any atom is -0.412 e. The number of hydrogen-bond acceptors (Lipinski definition) is 1. The monoisotopic (exact) mass is 585 g/mol. The summed E-state index contributed by atoms with van der Waals surface area (Å²) in [5.41, 5.74) is 9.17. The molecule has 3 rings (SSSR count). The minimum absolute atomic E-state index is 0. The van der Waals surface area contributed by atoms with E-state index in [-0.39, 0.29) is 5.48 Å². The Morgan fingerprint density at radius 2 is 0.932 bits per heavy atom. The summed E-state index contributed by atoms with van der Waals surface area (Å²) in [4.78, 5) is 2.14. The Balaban J connectivity index is 0. The maximum absolute atomic E-state index is 4.35. The zero-order chi connectivity index (χ0) is 32.6. The van der Waals surface area contributed by atoms with E-state index in [1.165, 1.54) is 16.7 Å². The third kappa shape index (κ3) is 15.7. The molecule has 0 saturated heterocycles. The number of hydrogen-bond donors (Lipinski definition) is 0. The molecule has 0 spiro atoms. The third-order valence-electron chi connectivity index (χ3n) is 5.60. The van der Waals surface area contributed by atoms with E-state index in [1.54, 1.807) is 24.3 Å². The lowest BCUT2D eigenvalue weighted by Gasteiger charge is -2.26. The van der Waals surface area contributed by atoms with E-state index < -0.39 is 0 Å². The highest BCUT2D eigenvalue weighted by atomic mass is 16.0. The minimum atomic E-state index is 0. The van der Waals surface area contributed by atoms with Gasteiger partial charge in [-0.15, -0.1) is 0 Å². The normalized spacial score (nSPS) is 9.27. The fourth-order valence-electron chi connectivity index (χ4n) is 3.34. The first-order chi connectivity index (χ1) is 20.7. The maximum atomic E-state index is 4.35. The van der Waals surface area contributed by atoms with Crippen molar-refractivity contribution in [1.29, 1.82) is 0 Å². The first-order valence-corrected chi connectivity index (χ1v) is 14.3. The van der Waals surface area contributed by atoms with Gasteiger partial charge in [0.25, 0.3) is 0 Å². The molecular formula is C42H51NO. The highest BCUT2D eigenvalue weighted by Gasteiger charge is 2.12. The zero-order valence-electron chi connectivity index (χ0n) is 27.2. The van der Waals surface area contributed by atoms with E-state index in [0.717, 1.165) is 33.8 Å². The van der Waals surface area contributed by atoms with Crippen LogP contribution in [0.15, 0.2) is 203 Å². The molecule has 0 fully saturated rings. The number of anilines is 2. The number of nitrogens with zero attached hydrogens (tertiary/aromatic N) is 1. The van der Waals surface area contributed by atoms with E-state index in [9.17, 15) is 0 Å². The highest BCUT2D eigenvalue weighted by molar-refractivity contribution is 5.73. The van der Waals surface area contributed by atoms with Crippen molar-refractivity contribution in [3.8, 4) is 11.1 Å². The van der Waals surface area contributed by atoms with Crippen LogP contribution in [0.2, 0.25) is 0 Å². The summed E-state index contributed by atoms with van der Waals surface area (Å²) in [6, 6.07) is 27.4. The van der Waals surface area contributed by atoms with Crippen molar-refractivity contribution in [2.45, 2.75) is 27.7 Å². The summed E-state index contributed by atoms with van der Waals surface area (Å²) >= 11 is 0. The van der Waals surface area contributed by atoms with Crippen LogP contribution >= 0.6 is 0 Å². The molecule has 0 unspecified atom stereocenters. The topological polar surface area (TPSA) is 34.7 Å². The lowest BCUT2D eigenvalue weighted by Crippen LogP contribution is -2.14. The SMILES string of the molecule is C=C(C)/C=C\C(=C)C(=C)/C=C\C(=C)N(c1ccc(C)cc1)c1ccc(-c2ccccc2)cc1.C=CC=C.C=CC=C.CC.O. The maximum Gasteiger partial charge on any atom is 0.0461 e. The molecule has 2 nitrogen and oxygen atoms in total. The quantitative estimate of drug-likeness (QED) is 0.206. The van der Waals surface area contributed by atoms with Gasteiger partial charge in [-0.2, -0.15) is 0 Å². The number of rotatable bonds is 11. The zero-order valence-corrected chi connectivity index (χ0v) is 27.2. The van der Waals surface area contributed by atoms with Crippen LogP contribution in [0.5, 0.6) is 0 Å². The predicted molar refractivity (Wildman–Crippen MR) is 201 cm³/mol. The van der Waals surface area contributed by atoms with Crippen LogP contribution in [0.4, 0.5) is 11.4 Å². The van der Waals surface area contributed by atoms with Gasteiger partial charge in [0.15, 0.2) is 0 Å². The Labute approximate surface area is 268 Å². The van der Waals surface area contributed by atoms with Gasteiger partial charge in [0.05, 0.1) is 0 Å². The molecule has 0 aromatic heterocycles. The van der Waals surface area contributed by atoms with Crippen molar-refractivity contribution < 1.29 is 5.48 Å². The van der Waals surface area contributed by atoms with E-state index in [4.69, 9.17) is 0 Å². The smallest absolute Gasteiger partial charge is 0.0461 e. The second-order valence-corrected chi connectivity index (χ2v) is 9.08. The summed E-state index contributed by atoms with van der Waals surface area (Å²) in [5.74, 6) is 0. The molecule has 0 bridgehead atoms. The average Bonchev–Trinajstić information content (AvgIpc) is 3.05. The fraction of sp³-hybridized carbons (Fsp3) is 0.0952. The Kier molecular flexibility index (Phi) is 22.7. The van der Waals surface area contributed by atoms with Crippen LogP contribution in [0, 0.1) is 6.92 Å². The van der Waals surface area contributed by atoms with Gasteiger partial charge in [0.1, 0.15) is 0 Å². The molecule has 0 heterocycles. The Morgan fingerprint density at radius 3 is 1.34 bits per heavy atom. The molecule has 0 aliphatic heterocycles. The van der Waals surface area contributed by atoms with Crippen LogP contribution in [0.1, 0.15) is 26.3 Å². The summed E-state index contributed by atoms with van der Waals surface area (Å²) in [6.45, 7) is 38.0. The van der Waals surface area contributed by atoms with E-state index in [0.29, 0.717) is 0 Å². The molecule has 230 valence electrons. The third-order valence-corrected chi connectivity index (χ3v) is 5.60. The number of allylic oxidation sites excluding steroid dienone is 11. The Morgan fingerprint density at radius 1 is 0.545 bits per heavy atom. The van der Waals surface area contributed by atoms with Crippen molar-refractivity contribution in [2.24, 2.45) is 0 Å². The second-order valence-electron chi connectivity index (χ2n) is 9.08. The van der Waals surface area contributed by atoms with E-state index >= 15 is 0 Å². The van der Waals surface area contributed by atoms with Gasteiger partial charge in [0, 0.05) is 17.1 Å². The number of benzene rings is 3. The molecule has 0 aliphatic carbocycles. The molecule has 44 heavy (non-hydrogen) atoms. The van der Waals surface area contributed by atoms with Crippen LogP contribution in [0.3, 0.4) is 0 Å². The molecule has 3 aromatic rings. The van der Waals surface area contributed by atoms with E-state index in [1.807, 2.05) is 51.1 Å². The summed E-state index contributed by atoms with van der Waals surface area (Å²) in [5, 5.41) is 0. The molecule has 0 amide bonds. The average molecular weight is 586 g/mol. The van der Waals surface area contributed by atoms with Gasteiger partial charge in [0.2, 0.25) is 0 Å². The fourth-order valence-corrected chi connectivity index (χ4v) is 3.34. The second kappa shape index (κ2) is 24.4. The predicted octanol–water partition coefficient (Wildman–Crippen LogP) is 12.0. The molecule has 0 radical (unpaired) electrons.